The Hall–Kier alpha value is -3.69. The Morgan fingerprint density at radius 2 is 2.03 bits per heavy atom. The van der Waals surface area contributed by atoms with Crippen LogP contribution >= 0.6 is 0 Å². The van der Waals surface area contributed by atoms with E-state index in [9.17, 15) is 8.78 Å². The van der Waals surface area contributed by atoms with Gasteiger partial charge in [-0.1, -0.05) is 6.85 Å². The molecule has 31 heavy (non-hydrogen) atoms. The van der Waals surface area contributed by atoms with Crippen LogP contribution in [-0.4, -0.2) is 40.3 Å². The highest BCUT2D eigenvalue weighted by molar-refractivity contribution is 5.63. The van der Waals surface area contributed by atoms with Crippen molar-refractivity contribution < 1.29 is 25.2 Å². The molecule has 3 aromatic heterocycles. The fourth-order valence-corrected chi connectivity index (χ4v) is 3.40. The van der Waals surface area contributed by atoms with Crippen molar-refractivity contribution in [3.63, 3.8) is 0 Å². The van der Waals surface area contributed by atoms with E-state index in [1.165, 1.54) is 12.4 Å². The Bertz CT molecular complexity index is 1660. The van der Waals surface area contributed by atoms with Crippen LogP contribution < -0.4 is 4.90 Å². The standard InChI is InChI=1S/C21H20F2N8/c1-4-16-20-28-26-11-30(20)17-10-25-21(27-19(17)31(16)12(2)3)29-6-5-24-18(29)13-7-14(22)9-15(23)8-13/h5-12,16H,4H2,1-3H3/t16-/m1/s1/i1D3,2D3,3D3,4D2,12D. The number of hydrogen-bond acceptors (Lipinski definition) is 6. The number of hydrogen-bond donors (Lipinski definition) is 0. The molecule has 1 aromatic carbocycles. The second-order valence-electron chi connectivity index (χ2n) is 6.48. The molecule has 0 fully saturated rings. The van der Waals surface area contributed by atoms with E-state index in [0.717, 1.165) is 33.8 Å². The largest absolute Gasteiger partial charge is 0.342 e. The molecule has 0 radical (unpaired) electrons. The van der Waals surface area contributed by atoms with Crippen LogP contribution in [0.3, 0.4) is 0 Å². The van der Waals surface area contributed by atoms with Crippen molar-refractivity contribution in [3.05, 3.63) is 60.6 Å². The summed E-state index contributed by atoms with van der Waals surface area (Å²) in [6, 6.07) is -3.48. The van der Waals surface area contributed by atoms with Crippen molar-refractivity contribution in [2.45, 2.75) is 39.0 Å². The summed E-state index contributed by atoms with van der Waals surface area (Å²) in [5.74, 6) is -3.50. The van der Waals surface area contributed by atoms with Gasteiger partial charge in [0, 0.05) is 45.1 Å². The van der Waals surface area contributed by atoms with E-state index < -0.39 is 62.3 Å². The number of rotatable bonds is 4. The quantitative estimate of drug-likeness (QED) is 0.485. The number of halogens is 2. The van der Waals surface area contributed by atoms with E-state index in [1.807, 2.05) is 0 Å². The zero-order valence-electron chi connectivity index (χ0n) is 27.5. The molecule has 0 spiro atoms. The summed E-state index contributed by atoms with van der Waals surface area (Å²) < 4.78 is 129. The Morgan fingerprint density at radius 1 is 1.19 bits per heavy atom. The van der Waals surface area contributed by atoms with Crippen LogP contribution in [0.1, 0.15) is 55.2 Å². The first-order chi connectivity index (χ1) is 19.7. The number of fused-ring (bicyclic) bond motifs is 3. The van der Waals surface area contributed by atoms with E-state index >= 15 is 0 Å². The molecule has 8 nitrogen and oxygen atoms in total. The van der Waals surface area contributed by atoms with Gasteiger partial charge in [-0.25, -0.2) is 18.7 Å². The van der Waals surface area contributed by atoms with Gasteiger partial charge in [0.2, 0.25) is 5.95 Å². The first kappa shape index (κ1) is 10.1. The Kier molecular flexibility index (Phi) is 2.35. The van der Waals surface area contributed by atoms with Crippen LogP contribution in [0.4, 0.5) is 14.6 Å². The highest BCUT2D eigenvalue weighted by Crippen LogP contribution is 2.39. The summed E-state index contributed by atoms with van der Waals surface area (Å²) in [5, 5.41) is 7.46. The molecule has 4 heterocycles. The normalized spacial score (nSPS) is 23.0. The second-order valence-corrected chi connectivity index (χ2v) is 6.48. The average Bonchev–Trinajstić information content (AvgIpc) is 3.54. The summed E-state index contributed by atoms with van der Waals surface area (Å²) >= 11 is 0. The van der Waals surface area contributed by atoms with Crippen molar-refractivity contribution in [3.8, 4) is 23.0 Å². The number of aromatic nitrogens is 7. The summed E-state index contributed by atoms with van der Waals surface area (Å²) in [4.78, 5) is 12.8. The fourth-order valence-electron chi connectivity index (χ4n) is 3.40. The minimum absolute atomic E-state index is 0.0572. The van der Waals surface area contributed by atoms with Gasteiger partial charge in [0.1, 0.15) is 29.5 Å². The third-order valence-electron chi connectivity index (χ3n) is 4.66. The predicted octanol–water partition coefficient (Wildman–Crippen LogP) is 3.87. The molecule has 0 amide bonds. The molecule has 4 aromatic rings. The molecule has 1 atom stereocenters. The summed E-state index contributed by atoms with van der Waals surface area (Å²) in [6.45, 7) is -10.9. The van der Waals surface area contributed by atoms with Gasteiger partial charge in [-0.3, -0.25) is 9.13 Å². The molecule has 0 unspecified atom stereocenters. The number of nitrogens with zero attached hydrogens (tertiary/aromatic N) is 8. The molecule has 10 heteroatoms. The van der Waals surface area contributed by atoms with E-state index in [1.54, 1.807) is 0 Å². The van der Waals surface area contributed by atoms with Crippen molar-refractivity contribution in [2.75, 3.05) is 4.90 Å². The maximum atomic E-state index is 14.0. The van der Waals surface area contributed by atoms with Crippen molar-refractivity contribution in [2.24, 2.45) is 0 Å². The van der Waals surface area contributed by atoms with Crippen molar-refractivity contribution in [1.29, 1.82) is 0 Å². The third kappa shape index (κ3) is 3.06. The number of anilines is 1. The lowest BCUT2D eigenvalue weighted by molar-refractivity contribution is 0.497. The Balaban J connectivity index is 1.85. The van der Waals surface area contributed by atoms with Gasteiger partial charge in [0.05, 0.1) is 13.6 Å². The van der Waals surface area contributed by atoms with Gasteiger partial charge in [-0.2, -0.15) is 4.98 Å². The van der Waals surface area contributed by atoms with E-state index in [2.05, 4.69) is 25.1 Å². The maximum absolute atomic E-state index is 14.0. The predicted molar refractivity (Wildman–Crippen MR) is 110 cm³/mol. The van der Waals surface area contributed by atoms with Gasteiger partial charge in [-0.05, 0) is 32.2 Å². The highest BCUT2D eigenvalue weighted by atomic mass is 19.1. The maximum Gasteiger partial charge on any atom is 0.237 e. The van der Waals surface area contributed by atoms with Crippen LogP contribution in [0, 0.1) is 11.6 Å². The van der Waals surface area contributed by atoms with Gasteiger partial charge in [-0.15, -0.1) is 10.2 Å². The molecule has 158 valence electrons. The lowest BCUT2D eigenvalue weighted by Gasteiger charge is -2.39. The van der Waals surface area contributed by atoms with Gasteiger partial charge in [0.15, 0.2) is 11.6 Å². The molecule has 5 rings (SSSR count). The second kappa shape index (κ2) is 7.22. The minimum atomic E-state index is -3.72. The van der Waals surface area contributed by atoms with Gasteiger partial charge in [0.25, 0.3) is 0 Å². The minimum Gasteiger partial charge on any atom is -0.342 e. The number of imidazole rings is 1. The zero-order valence-corrected chi connectivity index (χ0v) is 15.5. The van der Waals surface area contributed by atoms with E-state index in [4.69, 9.17) is 16.4 Å². The Labute approximate surface area is 194 Å². The molecule has 1 aliphatic rings. The molecule has 0 saturated carbocycles. The topological polar surface area (TPSA) is 77.5 Å². The first-order valence-corrected chi connectivity index (χ1v) is 8.77. The smallest absolute Gasteiger partial charge is 0.237 e. The van der Waals surface area contributed by atoms with Crippen LogP contribution in [0.5, 0.6) is 0 Å². The highest BCUT2D eigenvalue weighted by Gasteiger charge is 2.35. The average molecular weight is 435 g/mol. The molecular formula is C21H20F2N8. The van der Waals surface area contributed by atoms with Gasteiger partial charge < -0.3 is 4.90 Å². The van der Waals surface area contributed by atoms with Crippen molar-refractivity contribution >= 4 is 5.82 Å². The van der Waals surface area contributed by atoms with E-state index in [0.29, 0.717) is 6.07 Å². The van der Waals surface area contributed by atoms with Crippen LogP contribution in [0.25, 0.3) is 23.0 Å². The summed E-state index contributed by atoms with van der Waals surface area (Å²) in [6.07, 6.45) is 1.17. The third-order valence-corrected chi connectivity index (χ3v) is 4.66. The SMILES string of the molecule is [2H]C([2H])([2H])C([2H])([2H])[C@@H]1c2nncn2-c2cnc(-n3ccnc3-c3cc(F)cc(F)c3)nc2N1C([2H])(C([2H])([2H])[2H])C([2H])([2H])[2H]. The fraction of sp³-hybridized carbons (Fsp3) is 0.286. The van der Waals surface area contributed by atoms with Crippen LogP contribution in [0.15, 0.2) is 43.1 Å². The lowest BCUT2D eigenvalue weighted by atomic mass is 10.1. The van der Waals surface area contributed by atoms with Gasteiger partial charge >= 0.3 is 0 Å². The molecule has 0 bridgehead atoms. The summed E-state index contributed by atoms with van der Waals surface area (Å²) in [5.41, 5.74) is -0.261. The molecule has 0 N–H and O–H groups in total. The van der Waals surface area contributed by atoms with Crippen LogP contribution in [-0.2, 0) is 0 Å². The molecular weight excluding hydrogens is 402 g/mol. The number of benzene rings is 1. The first-order valence-electron chi connectivity index (χ1n) is 14.8. The summed E-state index contributed by atoms with van der Waals surface area (Å²) in [7, 11) is 0. The zero-order chi connectivity index (χ0) is 31.9. The lowest BCUT2D eigenvalue weighted by Crippen LogP contribution is -2.40. The molecule has 0 aliphatic carbocycles. The molecule has 1 aliphatic heterocycles. The van der Waals surface area contributed by atoms with Crippen LogP contribution in [0.2, 0.25) is 0 Å². The monoisotopic (exact) mass is 434 g/mol. The molecule has 0 saturated heterocycles. The van der Waals surface area contributed by atoms with E-state index in [-0.39, 0.29) is 27.9 Å². The Morgan fingerprint density at radius 3 is 2.81 bits per heavy atom. The van der Waals surface area contributed by atoms with Crippen molar-refractivity contribution in [1.82, 2.24) is 34.3 Å².